The van der Waals surface area contributed by atoms with E-state index in [0.29, 0.717) is 25.7 Å². The van der Waals surface area contributed by atoms with E-state index in [-0.39, 0.29) is 30.1 Å². The van der Waals surface area contributed by atoms with E-state index in [9.17, 15) is 0 Å². The van der Waals surface area contributed by atoms with Gasteiger partial charge in [0.15, 0.2) is 5.96 Å². The summed E-state index contributed by atoms with van der Waals surface area (Å²) in [6.45, 7) is 4.43. The van der Waals surface area contributed by atoms with Gasteiger partial charge in [0, 0.05) is 26.9 Å². The molecule has 0 aliphatic carbocycles. The van der Waals surface area contributed by atoms with Crippen molar-refractivity contribution in [1.29, 1.82) is 0 Å². The zero-order valence-corrected chi connectivity index (χ0v) is 14.6. The first-order chi connectivity index (χ1) is 9.33. The lowest BCUT2D eigenvalue weighted by molar-refractivity contribution is 0.0689. The molecular weight excluding hydrogens is 373 g/mol. The second-order valence-electron chi connectivity index (χ2n) is 4.60. The molecule has 3 N–H and O–H groups in total. The third kappa shape index (κ3) is 10.6. The molecule has 0 aromatic carbocycles. The van der Waals surface area contributed by atoms with Crippen LogP contribution in [0.15, 0.2) is 4.99 Å². The Labute approximate surface area is 138 Å². The Balaban J connectivity index is 0.00000361. The summed E-state index contributed by atoms with van der Waals surface area (Å²) in [4.78, 5) is 4.28. The van der Waals surface area contributed by atoms with Crippen molar-refractivity contribution < 1.29 is 14.2 Å². The molecule has 20 heavy (non-hydrogen) atoms. The van der Waals surface area contributed by atoms with E-state index in [1.165, 1.54) is 0 Å². The average Bonchev–Trinajstić information content (AvgIpc) is 2.93. The van der Waals surface area contributed by atoms with Crippen molar-refractivity contribution in [2.45, 2.75) is 31.8 Å². The number of hydrogen-bond acceptors (Lipinski definition) is 4. The van der Waals surface area contributed by atoms with Gasteiger partial charge in [0.2, 0.25) is 0 Å². The highest BCUT2D eigenvalue weighted by Gasteiger charge is 2.14. The van der Waals surface area contributed by atoms with E-state index >= 15 is 0 Å². The predicted octanol–water partition coefficient (Wildman–Crippen LogP) is 1.13. The number of guanidine groups is 1. The fourth-order valence-corrected chi connectivity index (χ4v) is 1.83. The molecule has 0 saturated carbocycles. The molecule has 120 valence electrons. The van der Waals surface area contributed by atoms with Gasteiger partial charge in [-0.05, 0) is 25.7 Å². The average molecular weight is 401 g/mol. The van der Waals surface area contributed by atoms with Crippen LogP contribution in [0.4, 0.5) is 0 Å². The highest BCUT2D eigenvalue weighted by atomic mass is 127. The summed E-state index contributed by atoms with van der Waals surface area (Å²) in [5.74, 6) is 0.510. The second-order valence-corrected chi connectivity index (χ2v) is 4.60. The SMILES string of the molecule is COCCOCCCCNC(N)=NCC1CCCO1.I. The number of aliphatic imine (C=N–C) groups is 1. The van der Waals surface area contributed by atoms with Crippen LogP contribution in [0.3, 0.4) is 0 Å². The Morgan fingerprint density at radius 1 is 1.35 bits per heavy atom. The third-order valence-electron chi connectivity index (χ3n) is 2.94. The van der Waals surface area contributed by atoms with Crippen LogP contribution in [0, 0.1) is 0 Å². The first-order valence-electron chi connectivity index (χ1n) is 7.05. The van der Waals surface area contributed by atoms with E-state index in [4.69, 9.17) is 19.9 Å². The standard InChI is InChI=1S/C13H27N3O3.HI/c1-17-9-10-18-7-3-2-6-15-13(14)16-11-12-5-4-8-19-12;/h12H,2-11H2,1H3,(H3,14,15,16);1H. The van der Waals surface area contributed by atoms with Crippen LogP contribution in [-0.2, 0) is 14.2 Å². The van der Waals surface area contributed by atoms with E-state index in [0.717, 1.165) is 45.4 Å². The summed E-state index contributed by atoms with van der Waals surface area (Å²) in [5, 5.41) is 3.10. The maximum atomic E-state index is 5.77. The molecular formula is C13H28IN3O3. The quantitative estimate of drug-likeness (QED) is 0.248. The molecule has 1 saturated heterocycles. The summed E-state index contributed by atoms with van der Waals surface area (Å²) in [5.41, 5.74) is 5.77. The number of nitrogens with one attached hydrogen (secondary N) is 1. The molecule has 1 heterocycles. The van der Waals surface area contributed by atoms with Crippen LogP contribution in [-0.4, -0.2) is 58.7 Å². The van der Waals surface area contributed by atoms with E-state index in [1.807, 2.05) is 0 Å². The lowest BCUT2D eigenvalue weighted by Gasteiger charge is -2.08. The third-order valence-corrected chi connectivity index (χ3v) is 2.94. The van der Waals surface area contributed by atoms with Gasteiger partial charge in [-0.2, -0.15) is 0 Å². The minimum Gasteiger partial charge on any atom is -0.382 e. The number of hydrogen-bond donors (Lipinski definition) is 2. The maximum absolute atomic E-state index is 5.77. The highest BCUT2D eigenvalue weighted by molar-refractivity contribution is 14.0. The minimum absolute atomic E-state index is 0. The molecule has 0 amide bonds. The van der Waals surface area contributed by atoms with Crippen LogP contribution in [0.2, 0.25) is 0 Å². The lowest BCUT2D eigenvalue weighted by atomic mass is 10.2. The molecule has 1 aliphatic rings. The normalized spacial score (nSPS) is 18.9. The van der Waals surface area contributed by atoms with Gasteiger partial charge in [0.25, 0.3) is 0 Å². The van der Waals surface area contributed by atoms with E-state index < -0.39 is 0 Å². The van der Waals surface area contributed by atoms with Crippen LogP contribution in [0.1, 0.15) is 25.7 Å². The summed E-state index contributed by atoms with van der Waals surface area (Å²) in [6, 6.07) is 0. The molecule has 0 aromatic heterocycles. The van der Waals surface area contributed by atoms with Crippen molar-refractivity contribution in [3.05, 3.63) is 0 Å². The van der Waals surface area contributed by atoms with Crippen LogP contribution < -0.4 is 11.1 Å². The summed E-state index contributed by atoms with van der Waals surface area (Å²) < 4.78 is 15.7. The number of nitrogens with zero attached hydrogens (tertiary/aromatic N) is 1. The van der Waals surface area contributed by atoms with Gasteiger partial charge >= 0.3 is 0 Å². The van der Waals surface area contributed by atoms with Gasteiger partial charge in [-0.1, -0.05) is 0 Å². The van der Waals surface area contributed by atoms with Crippen molar-refractivity contribution in [3.63, 3.8) is 0 Å². The van der Waals surface area contributed by atoms with Crippen molar-refractivity contribution >= 4 is 29.9 Å². The van der Waals surface area contributed by atoms with Gasteiger partial charge in [-0.15, -0.1) is 24.0 Å². The molecule has 0 bridgehead atoms. The first-order valence-corrected chi connectivity index (χ1v) is 7.05. The van der Waals surface area contributed by atoms with Gasteiger partial charge in [-0.25, -0.2) is 0 Å². The number of rotatable bonds is 10. The van der Waals surface area contributed by atoms with E-state index in [1.54, 1.807) is 7.11 Å². The van der Waals surface area contributed by atoms with Crippen molar-refractivity contribution in [3.8, 4) is 0 Å². The van der Waals surface area contributed by atoms with Crippen LogP contribution >= 0.6 is 24.0 Å². The fraction of sp³-hybridized carbons (Fsp3) is 0.923. The fourth-order valence-electron chi connectivity index (χ4n) is 1.83. The Kier molecular flexibility index (Phi) is 13.8. The number of ether oxygens (including phenoxy) is 3. The Hall–Kier alpha value is -0.120. The van der Waals surface area contributed by atoms with Crippen molar-refractivity contribution in [2.75, 3.05) is 46.6 Å². The lowest BCUT2D eigenvalue weighted by Crippen LogP contribution is -2.33. The topological polar surface area (TPSA) is 78.1 Å². The zero-order chi connectivity index (χ0) is 13.8. The van der Waals surface area contributed by atoms with Gasteiger partial charge in [0.1, 0.15) is 0 Å². The maximum Gasteiger partial charge on any atom is 0.188 e. The Bertz CT molecular complexity index is 249. The zero-order valence-electron chi connectivity index (χ0n) is 12.3. The monoisotopic (exact) mass is 401 g/mol. The van der Waals surface area contributed by atoms with Gasteiger partial charge in [-0.3, -0.25) is 4.99 Å². The molecule has 1 atom stereocenters. The molecule has 1 fully saturated rings. The number of nitrogens with two attached hydrogens (primary N) is 1. The first kappa shape index (κ1) is 19.9. The molecule has 1 unspecified atom stereocenters. The molecule has 0 aromatic rings. The highest BCUT2D eigenvalue weighted by Crippen LogP contribution is 2.11. The number of halogens is 1. The van der Waals surface area contributed by atoms with E-state index in [2.05, 4.69) is 10.3 Å². The smallest absolute Gasteiger partial charge is 0.188 e. The molecule has 6 nitrogen and oxygen atoms in total. The largest absolute Gasteiger partial charge is 0.382 e. The summed E-state index contributed by atoms with van der Waals surface area (Å²) >= 11 is 0. The molecule has 0 spiro atoms. The Morgan fingerprint density at radius 3 is 2.90 bits per heavy atom. The Morgan fingerprint density at radius 2 is 2.20 bits per heavy atom. The summed E-state index contributed by atoms with van der Waals surface area (Å²) in [7, 11) is 1.67. The minimum atomic E-state index is 0. The molecule has 1 rings (SSSR count). The van der Waals surface area contributed by atoms with Crippen LogP contribution in [0.5, 0.6) is 0 Å². The van der Waals surface area contributed by atoms with Crippen molar-refractivity contribution in [1.82, 2.24) is 5.32 Å². The van der Waals surface area contributed by atoms with Crippen LogP contribution in [0.25, 0.3) is 0 Å². The predicted molar refractivity (Wildman–Crippen MR) is 90.8 cm³/mol. The molecule has 1 aliphatic heterocycles. The molecule has 7 heteroatoms. The molecule has 0 radical (unpaired) electrons. The number of unbranched alkanes of at least 4 members (excludes halogenated alkanes) is 1. The number of methoxy groups -OCH3 is 1. The summed E-state index contributed by atoms with van der Waals surface area (Å²) in [6.07, 6.45) is 4.51. The van der Waals surface area contributed by atoms with Crippen molar-refractivity contribution in [2.24, 2.45) is 10.7 Å². The van der Waals surface area contributed by atoms with Gasteiger partial charge < -0.3 is 25.3 Å². The second kappa shape index (κ2) is 13.8. The van der Waals surface area contributed by atoms with Gasteiger partial charge in [0.05, 0.1) is 25.9 Å².